The first-order chi connectivity index (χ1) is 9.54. The molecule has 0 aliphatic carbocycles. The molecule has 0 heterocycles. The van der Waals surface area contributed by atoms with E-state index >= 15 is 0 Å². The Morgan fingerprint density at radius 2 is 2.10 bits per heavy atom. The van der Waals surface area contributed by atoms with Crippen LogP contribution in [0.2, 0.25) is 0 Å². The van der Waals surface area contributed by atoms with E-state index in [1.165, 1.54) is 12.1 Å². The fraction of sp³-hybridized carbons (Fsp3) is 0.500. The number of ether oxygens (including phenoxy) is 2. The van der Waals surface area contributed by atoms with Crippen molar-refractivity contribution in [2.45, 2.75) is 20.3 Å². The molecular weight excluding hydrogens is 263 g/mol. The van der Waals surface area contributed by atoms with Gasteiger partial charge in [0, 0.05) is 12.2 Å². The van der Waals surface area contributed by atoms with E-state index in [1.54, 1.807) is 0 Å². The molecule has 3 N–H and O–H groups in total. The van der Waals surface area contributed by atoms with Gasteiger partial charge in [0.15, 0.2) is 17.4 Å². The molecule has 0 atom stereocenters. The van der Waals surface area contributed by atoms with Crippen molar-refractivity contribution in [3.8, 4) is 5.75 Å². The second-order valence-corrected chi connectivity index (χ2v) is 4.77. The molecule has 1 rings (SSSR count). The Morgan fingerprint density at radius 1 is 1.35 bits per heavy atom. The zero-order valence-electron chi connectivity index (χ0n) is 11.8. The van der Waals surface area contributed by atoms with Gasteiger partial charge in [0.25, 0.3) is 0 Å². The SMILES string of the molecule is CC(C)CCOCCOc1ccc(/C(N)=N/O)cc1F. The molecule has 0 fully saturated rings. The quantitative estimate of drug-likeness (QED) is 0.252. The maximum atomic E-state index is 13.7. The zero-order chi connectivity index (χ0) is 15.0. The fourth-order valence-electron chi connectivity index (χ4n) is 1.47. The van der Waals surface area contributed by atoms with Gasteiger partial charge < -0.3 is 20.4 Å². The lowest BCUT2D eigenvalue weighted by Crippen LogP contribution is -2.14. The van der Waals surface area contributed by atoms with E-state index in [4.69, 9.17) is 20.4 Å². The summed E-state index contributed by atoms with van der Waals surface area (Å²) in [5.41, 5.74) is 5.66. The minimum atomic E-state index is -0.559. The maximum absolute atomic E-state index is 13.7. The lowest BCUT2D eigenvalue weighted by atomic mass is 10.1. The number of benzene rings is 1. The molecule has 0 saturated heterocycles. The van der Waals surface area contributed by atoms with Crippen molar-refractivity contribution in [1.29, 1.82) is 0 Å². The Balaban J connectivity index is 2.38. The van der Waals surface area contributed by atoms with Crippen molar-refractivity contribution >= 4 is 5.84 Å². The molecule has 20 heavy (non-hydrogen) atoms. The molecule has 6 heteroatoms. The highest BCUT2D eigenvalue weighted by molar-refractivity contribution is 5.97. The minimum absolute atomic E-state index is 0.118. The van der Waals surface area contributed by atoms with E-state index in [1.807, 2.05) is 0 Å². The van der Waals surface area contributed by atoms with Gasteiger partial charge in [0.2, 0.25) is 0 Å². The average molecular weight is 284 g/mol. The van der Waals surface area contributed by atoms with Crippen LogP contribution in [0.5, 0.6) is 5.75 Å². The van der Waals surface area contributed by atoms with Crippen LogP contribution in [0, 0.1) is 11.7 Å². The van der Waals surface area contributed by atoms with E-state index in [0.717, 1.165) is 12.5 Å². The molecule has 0 amide bonds. The standard InChI is InChI=1S/C14H21FN2O3/c1-10(2)5-6-19-7-8-20-13-4-3-11(9-12(13)15)14(16)17-18/h3-4,9-10,18H,5-8H2,1-2H3,(H2,16,17). The maximum Gasteiger partial charge on any atom is 0.170 e. The van der Waals surface area contributed by atoms with Gasteiger partial charge in [-0.25, -0.2) is 4.39 Å². The number of amidine groups is 1. The molecule has 0 radical (unpaired) electrons. The third-order valence-corrected chi connectivity index (χ3v) is 2.66. The van der Waals surface area contributed by atoms with Crippen LogP contribution in [0.25, 0.3) is 0 Å². The molecule has 0 aliphatic heterocycles. The van der Waals surface area contributed by atoms with Gasteiger partial charge in [0.05, 0.1) is 6.61 Å². The van der Waals surface area contributed by atoms with Gasteiger partial charge in [0.1, 0.15) is 6.61 Å². The highest BCUT2D eigenvalue weighted by Crippen LogP contribution is 2.18. The molecule has 112 valence electrons. The number of halogens is 1. The van der Waals surface area contributed by atoms with Crippen molar-refractivity contribution in [2.75, 3.05) is 19.8 Å². The average Bonchev–Trinajstić information content (AvgIpc) is 2.42. The number of rotatable bonds is 8. The van der Waals surface area contributed by atoms with E-state index in [9.17, 15) is 4.39 Å². The number of nitrogens with two attached hydrogens (primary N) is 1. The summed E-state index contributed by atoms with van der Waals surface area (Å²) < 4.78 is 24.3. The Kier molecular flexibility index (Phi) is 6.79. The first-order valence-electron chi connectivity index (χ1n) is 6.52. The predicted octanol–water partition coefficient (Wildman–Crippen LogP) is 2.36. The molecule has 0 saturated carbocycles. The smallest absolute Gasteiger partial charge is 0.170 e. The summed E-state index contributed by atoms with van der Waals surface area (Å²) in [5, 5.41) is 11.3. The van der Waals surface area contributed by atoms with Gasteiger partial charge in [-0.15, -0.1) is 0 Å². The van der Waals surface area contributed by atoms with Gasteiger partial charge in [-0.1, -0.05) is 19.0 Å². The zero-order valence-corrected chi connectivity index (χ0v) is 11.8. The summed E-state index contributed by atoms with van der Waals surface area (Å²) in [6.07, 6.45) is 0.989. The minimum Gasteiger partial charge on any atom is -0.488 e. The van der Waals surface area contributed by atoms with Crippen LogP contribution in [0.4, 0.5) is 4.39 Å². The van der Waals surface area contributed by atoms with Crippen molar-refractivity contribution < 1.29 is 19.1 Å². The van der Waals surface area contributed by atoms with E-state index in [-0.39, 0.29) is 18.2 Å². The summed E-state index contributed by atoms with van der Waals surface area (Å²) in [4.78, 5) is 0. The second kappa shape index (κ2) is 8.37. The highest BCUT2D eigenvalue weighted by Gasteiger charge is 2.07. The predicted molar refractivity (Wildman–Crippen MR) is 74.7 cm³/mol. The second-order valence-electron chi connectivity index (χ2n) is 4.77. The molecule has 1 aromatic rings. The third kappa shape index (κ3) is 5.44. The fourth-order valence-corrected chi connectivity index (χ4v) is 1.47. The summed E-state index contributed by atoms with van der Waals surface area (Å²) in [5.74, 6) is 0.00949. The number of hydrogen-bond donors (Lipinski definition) is 2. The Morgan fingerprint density at radius 3 is 2.70 bits per heavy atom. The van der Waals surface area contributed by atoms with Crippen LogP contribution in [0.15, 0.2) is 23.4 Å². The Bertz CT molecular complexity index is 450. The molecular formula is C14H21FN2O3. The summed E-state index contributed by atoms with van der Waals surface area (Å²) in [7, 11) is 0. The molecule has 0 unspecified atom stereocenters. The van der Waals surface area contributed by atoms with Gasteiger partial charge in [-0.3, -0.25) is 0 Å². The van der Waals surface area contributed by atoms with Crippen molar-refractivity contribution in [3.63, 3.8) is 0 Å². The van der Waals surface area contributed by atoms with Gasteiger partial charge >= 0.3 is 0 Å². The molecule has 0 spiro atoms. The van der Waals surface area contributed by atoms with Crippen LogP contribution in [0.3, 0.4) is 0 Å². The monoisotopic (exact) mass is 284 g/mol. The number of nitrogens with zero attached hydrogens (tertiary/aromatic N) is 1. The normalized spacial score (nSPS) is 11.9. The van der Waals surface area contributed by atoms with Crippen LogP contribution in [0.1, 0.15) is 25.8 Å². The molecule has 0 aliphatic rings. The van der Waals surface area contributed by atoms with E-state index in [0.29, 0.717) is 24.7 Å². The lowest BCUT2D eigenvalue weighted by molar-refractivity contribution is 0.0913. The first kappa shape index (κ1) is 16.2. The molecule has 0 bridgehead atoms. The van der Waals surface area contributed by atoms with Crippen LogP contribution in [-0.2, 0) is 4.74 Å². The first-order valence-corrected chi connectivity index (χ1v) is 6.52. The van der Waals surface area contributed by atoms with Crippen LogP contribution < -0.4 is 10.5 Å². The number of oxime groups is 1. The third-order valence-electron chi connectivity index (χ3n) is 2.66. The molecule has 1 aromatic carbocycles. The van der Waals surface area contributed by atoms with Gasteiger partial charge in [-0.2, -0.15) is 0 Å². The summed E-state index contributed by atoms with van der Waals surface area (Å²) in [6, 6.07) is 4.12. The van der Waals surface area contributed by atoms with E-state index in [2.05, 4.69) is 19.0 Å². The lowest BCUT2D eigenvalue weighted by Gasteiger charge is -2.09. The van der Waals surface area contributed by atoms with E-state index < -0.39 is 5.82 Å². The van der Waals surface area contributed by atoms with Crippen LogP contribution >= 0.6 is 0 Å². The van der Waals surface area contributed by atoms with Crippen molar-refractivity contribution in [1.82, 2.24) is 0 Å². The Hall–Kier alpha value is -1.82. The van der Waals surface area contributed by atoms with Crippen molar-refractivity contribution in [3.05, 3.63) is 29.6 Å². The van der Waals surface area contributed by atoms with Crippen LogP contribution in [-0.4, -0.2) is 30.9 Å². The Labute approximate surface area is 118 Å². The molecule has 5 nitrogen and oxygen atoms in total. The summed E-state index contributed by atoms with van der Waals surface area (Å²) in [6.45, 7) is 5.61. The molecule has 0 aromatic heterocycles. The number of hydrogen-bond acceptors (Lipinski definition) is 4. The van der Waals surface area contributed by atoms with Crippen molar-refractivity contribution in [2.24, 2.45) is 16.8 Å². The largest absolute Gasteiger partial charge is 0.488 e. The summed E-state index contributed by atoms with van der Waals surface area (Å²) >= 11 is 0. The topological polar surface area (TPSA) is 77.1 Å². The highest BCUT2D eigenvalue weighted by atomic mass is 19.1. The van der Waals surface area contributed by atoms with Gasteiger partial charge in [-0.05, 0) is 30.5 Å².